The fraction of sp³-hybridized carbons (Fsp3) is 0.128. The number of aliphatic hydroxyl groups excluding tert-OH is 1. The van der Waals surface area contributed by atoms with Crippen LogP contribution in [-0.2, 0) is 13.1 Å². The van der Waals surface area contributed by atoms with Gasteiger partial charge in [-0.3, -0.25) is 0 Å². The molecule has 0 fully saturated rings. The molecule has 0 bridgehead atoms. The number of anilines is 1. The van der Waals surface area contributed by atoms with Crippen molar-refractivity contribution in [1.29, 1.82) is 5.26 Å². The van der Waals surface area contributed by atoms with E-state index in [2.05, 4.69) is 16.0 Å². The van der Waals surface area contributed by atoms with Crippen LogP contribution in [0, 0.1) is 17.1 Å². The van der Waals surface area contributed by atoms with Crippen LogP contribution >= 0.6 is 11.6 Å². The average Bonchev–Trinajstić information content (AvgIpc) is 3.63. The molecule has 258 valence electrons. The van der Waals surface area contributed by atoms with Crippen molar-refractivity contribution in [3.8, 4) is 40.2 Å². The molecule has 1 atom stereocenters. The zero-order valence-electron chi connectivity index (χ0n) is 28.0. The molecule has 0 radical (unpaired) electrons. The van der Waals surface area contributed by atoms with Gasteiger partial charge in [0.15, 0.2) is 17.3 Å². The maximum Gasteiger partial charge on any atom is 0.199 e. The number of aliphatic hydroxyl groups is 1. The van der Waals surface area contributed by atoms with E-state index in [-0.39, 0.29) is 22.1 Å². The number of methoxy groups -OCH3 is 2. The molecule has 7 aromatic rings. The van der Waals surface area contributed by atoms with Gasteiger partial charge in [0.2, 0.25) is 0 Å². The number of nitrogens with zero attached hydrogens (tertiary/aromatic N) is 8. The Kier molecular flexibility index (Phi) is 9.70. The highest BCUT2D eigenvalue weighted by atomic mass is 35.5. The summed E-state index contributed by atoms with van der Waals surface area (Å²) in [7, 11) is 3.22. The van der Waals surface area contributed by atoms with Crippen LogP contribution < -0.4 is 14.4 Å². The van der Waals surface area contributed by atoms with Crippen molar-refractivity contribution in [1.82, 2.24) is 29.5 Å². The van der Waals surface area contributed by atoms with Crippen LogP contribution in [0.3, 0.4) is 0 Å². The summed E-state index contributed by atoms with van der Waals surface area (Å²) >= 11 is 6.40. The number of fused-ring (bicyclic) bond motifs is 1. The van der Waals surface area contributed by atoms with E-state index >= 15 is 4.39 Å². The van der Waals surface area contributed by atoms with Crippen molar-refractivity contribution in [2.24, 2.45) is 0 Å². The zero-order chi connectivity index (χ0) is 36.2. The lowest BCUT2D eigenvalue weighted by Gasteiger charge is -2.26. The summed E-state index contributed by atoms with van der Waals surface area (Å²) in [6.45, 7) is 0.736. The van der Waals surface area contributed by atoms with E-state index in [1.54, 1.807) is 49.2 Å². The van der Waals surface area contributed by atoms with Crippen molar-refractivity contribution in [2.45, 2.75) is 19.2 Å². The highest BCUT2D eigenvalue weighted by Crippen LogP contribution is 2.37. The van der Waals surface area contributed by atoms with E-state index in [4.69, 9.17) is 36.1 Å². The molecule has 0 aliphatic rings. The predicted molar refractivity (Wildman–Crippen MR) is 193 cm³/mol. The van der Waals surface area contributed by atoms with Crippen molar-refractivity contribution in [3.63, 3.8) is 0 Å². The summed E-state index contributed by atoms with van der Waals surface area (Å²) in [4.78, 5) is 20.7. The number of hydrogen-bond donors (Lipinski definition) is 1. The number of nitriles is 1. The Balaban J connectivity index is 1.52. The molecular weight excluding hydrogens is 683 g/mol. The third-order valence-electron chi connectivity index (χ3n) is 8.45. The second-order valence-electron chi connectivity index (χ2n) is 11.7. The Morgan fingerprint density at radius 3 is 2.17 bits per heavy atom. The lowest BCUT2D eigenvalue weighted by atomic mass is 10.0. The molecule has 3 aromatic heterocycles. The first-order valence-corrected chi connectivity index (χ1v) is 16.4. The molecule has 4 aromatic carbocycles. The van der Waals surface area contributed by atoms with E-state index in [0.717, 1.165) is 11.1 Å². The number of benzene rings is 4. The van der Waals surface area contributed by atoms with Crippen molar-refractivity contribution in [2.75, 3.05) is 19.1 Å². The molecule has 1 unspecified atom stereocenters. The van der Waals surface area contributed by atoms with Gasteiger partial charge in [-0.25, -0.2) is 28.8 Å². The minimum Gasteiger partial charge on any atom is -0.497 e. The first-order valence-electron chi connectivity index (χ1n) is 16.1. The van der Waals surface area contributed by atoms with Gasteiger partial charge in [-0.2, -0.15) is 5.26 Å². The maximum absolute atomic E-state index is 15.2. The van der Waals surface area contributed by atoms with E-state index < -0.39 is 11.9 Å². The van der Waals surface area contributed by atoms with E-state index in [1.165, 1.54) is 24.5 Å². The summed E-state index contributed by atoms with van der Waals surface area (Å²) in [5, 5.41) is 26.2. The van der Waals surface area contributed by atoms with Gasteiger partial charge < -0.3 is 19.5 Å². The number of aromatic nitrogens is 6. The van der Waals surface area contributed by atoms with Crippen LogP contribution in [0.2, 0.25) is 5.02 Å². The van der Waals surface area contributed by atoms with Crippen LogP contribution in [-0.4, -0.2) is 48.9 Å². The molecule has 3 heterocycles. The van der Waals surface area contributed by atoms with Gasteiger partial charge in [0.05, 0.1) is 31.5 Å². The van der Waals surface area contributed by atoms with Gasteiger partial charge in [0.25, 0.3) is 0 Å². The Hall–Kier alpha value is -6.42. The summed E-state index contributed by atoms with van der Waals surface area (Å²) in [6.07, 6.45) is 1.36. The van der Waals surface area contributed by atoms with E-state index in [1.807, 2.05) is 59.5 Å². The Morgan fingerprint density at radius 1 is 0.904 bits per heavy atom. The highest BCUT2D eigenvalue weighted by molar-refractivity contribution is 6.31. The standard InChI is InChI=1S/C39H30ClFN8O3/c1-51-28-13-9-24(10-14-28)21-48(22-25-11-15-29(52-2)16-12-25)38-39-46-37(36(50)33-30(40)7-4-8-31(33)41)47-49(39)35(32-17-18-43-23-44-32)34(45-38)27-6-3-5-26(19-27)20-42/h3-19,23,36,50H,21-22H2,1-2H3. The maximum atomic E-state index is 15.2. The van der Waals surface area contributed by atoms with Crippen molar-refractivity contribution >= 4 is 23.1 Å². The molecule has 0 amide bonds. The monoisotopic (exact) mass is 712 g/mol. The lowest BCUT2D eigenvalue weighted by molar-refractivity contribution is 0.205. The summed E-state index contributed by atoms with van der Waals surface area (Å²) in [5.74, 6) is 1.00. The van der Waals surface area contributed by atoms with Gasteiger partial charge in [-0.15, -0.1) is 5.10 Å². The molecule has 0 saturated heterocycles. The molecule has 52 heavy (non-hydrogen) atoms. The predicted octanol–water partition coefficient (Wildman–Crippen LogP) is 7.22. The van der Waals surface area contributed by atoms with Crippen LogP contribution in [0.4, 0.5) is 10.2 Å². The first-order chi connectivity index (χ1) is 25.4. The number of halogens is 2. The van der Waals surface area contributed by atoms with Crippen molar-refractivity contribution in [3.05, 3.63) is 149 Å². The van der Waals surface area contributed by atoms with Crippen LogP contribution in [0.5, 0.6) is 11.5 Å². The van der Waals surface area contributed by atoms with Crippen LogP contribution in [0.1, 0.15) is 34.2 Å². The number of ether oxygens (including phenoxy) is 2. The number of hydrogen-bond acceptors (Lipinski definition) is 10. The summed E-state index contributed by atoms with van der Waals surface area (Å²) in [6, 6.07) is 30.5. The summed E-state index contributed by atoms with van der Waals surface area (Å²) < 4.78 is 27.5. The quantitative estimate of drug-likeness (QED) is 0.147. The van der Waals surface area contributed by atoms with Gasteiger partial charge in [-0.1, -0.05) is 54.1 Å². The molecule has 1 N–H and O–H groups in total. The fourth-order valence-electron chi connectivity index (χ4n) is 5.87. The fourth-order valence-corrected chi connectivity index (χ4v) is 6.14. The Labute approximate surface area is 303 Å². The number of rotatable bonds is 11. The molecule has 0 spiro atoms. The topological polar surface area (TPSA) is 135 Å². The highest BCUT2D eigenvalue weighted by Gasteiger charge is 2.29. The average molecular weight is 713 g/mol. The van der Waals surface area contributed by atoms with Gasteiger partial charge in [-0.05, 0) is 65.7 Å². The van der Waals surface area contributed by atoms with Gasteiger partial charge in [0, 0.05) is 35.4 Å². The second-order valence-corrected chi connectivity index (χ2v) is 12.1. The Morgan fingerprint density at radius 2 is 1.58 bits per heavy atom. The van der Waals surface area contributed by atoms with E-state index in [0.29, 0.717) is 58.6 Å². The van der Waals surface area contributed by atoms with Gasteiger partial charge in [0.1, 0.15) is 41.1 Å². The summed E-state index contributed by atoms with van der Waals surface area (Å²) in [5.41, 5.74) is 4.32. The minimum atomic E-state index is -1.62. The minimum absolute atomic E-state index is 0.0235. The van der Waals surface area contributed by atoms with Crippen LogP contribution in [0.15, 0.2) is 110 Å². The largest absolute Gasteiger partial charge is 0.497 e. The SMILES string of the molecule is COc1ccc(CN(Cc2ccc(OC)cc2)c2nc(-c3cccc(C#N)c3)c(-c3ccncn3)n3nc(C(O)c4c(F)cccc4Cl)nc23)cc1. The van der Waals surface area contributed by atoms with Crippen LogP contribution in [0.25, 0.3) is 28.3 Å². The second kappa shape index (κ2) is 14.8. The van der Waals surface area contributed by atoms with Gasteiger partial charge >= 0.3 is 0 Å². The molecule has 0 aliphatic heterocycles. The van der Waals surface area contributed by atoms with E-state index in [9.17, 15) is 10.4 Å². The zero-order valence-corrected chi connectivity index (χ0v) is 28.7. The third kappa shape index (κ3) is 6.83. The van der Waals surface area contributed by atoms with Crippen molar-refractivity contribution < 1.29 is 19.0 Å². The molecule has 11 nitrogen and oxygen atoms in total. The smallest absolute Gasteiger partial charge is 0.199 e. The first kappa shape index (κ1) is 34.0. The third-order valence-corrected chi connectivity index (χ3v) is 8.78. The molecule has 0 aliphatic carbocycles. The Bertz CT molecular complexity index is 2330. The molecular formula is C39H30ClFN8O3. The normalized spacial score (nSPS) is 11.6. The lowest BCUT2D eigenvalue weighted by Crippen LogP contribution is -2.25. The molecule has 7 rings (SSSR count). The molecule has 0 saturated carbocycles. The molecule has 13 heteroatoms.